The van der Waals surface area contributed by atoms with Crippen LogP contribution in [-0.4, -0.2) is 33.0 Å². The van der Waals surface area contributed by atoms with Gasteiger partial charge in [-0.1, -0.05) is 24.3 Å². The summed E-state index contributed by atoms with van der Waals surface area (Å²) >= 11 is 0. The maximum atomic E-state index is 12.5. The van der Waals surface area contributed by atoms with Crippen LogP contribution >= 0.6 is 0 Å². The zero-order valence-electron chi connectivity index (χ0n) is 17.0. The number of rotatable bonds is 7. The molecule has 2 rings (SSSR count). The Balaban J connectivity index is 2.04. The molecule has 28 heavy (non-hydrogen) atoms. The van der Waals surface area contributed by atoms with Crippen molar-refractivity contribution in [2.45, 2.75) is 45.1 Å². The van der Waals surface area contributed by atoms with Crippen LogP contribution in [0.2, 0.25) is 0 Å². The van der Waals surface area contributed by atoms with E-state index < -0.39 is 15.6 Å². The Kier molecular flexibility index (Phi) is 6.85. The number of ether oxygens (including phenoxy) is 1. The predicted molar refractivity (Wildman–Crippen MR) is 110 cm³/mol. The molecule has 2 aromatic rings. The molecule has 0 aliphatic heterocycles. The van der Waals surface area contributed by atoms with Gasteiger partial charge in [0.2, 0.25) is 10.0 Å². The summed E-state index contributed by atoms with van der Waals surface area (Å²) in [6.45, 7) is 9.65. The molecule has 2 N–H and O–H groups in total. The number of nitrogens with one attached hydrogen (secondary N) is 2. The van der Waals surface area contributed by atoms with E-state index in [1.54, 1.807) is 33.8 Å². The Morgan fingerprint density at radius 1 is 1.04 bits per heavy atom. The second kappa shape index (κ2) is 8.75. The highest BCUT2D eigenvalue weighted by Gasteiger charge is 2.23. The van der Waals surface area contributed by atoms with Crippen molar-refractivity contribution >= 4 is 15.9 Å². The lowest BCUT2D eigenvalue weighted by Gasteiger charge is -2.20. The highest BCUT2D eigenvalue weighted by atomic mass is 32.2. The number of carbonyl (C=O) groups is 1. The summed E-state index contributed by atoms with van der Waals surface area (Å²) in [4.78, 5) is 12.6. The van der Waals surface area contributed by atoms with Crippen LogP contribution in [0.5, 0.6) is 5.75 Å². The Morgan fingerprint density at radius 2 is 1.71 bits per heavy atom. The number of aryl methyl sites for hydroxylation is 2. The Labute approximate surface area is 167 Å². The highest BCUT2D eigenvalue weighted by Crippen LogP contribution is 2.18. The fourth-order valence-corrected chi connectivity index (χ4v) is 4.06. The molecule has 0 atom stereocenters. The zero-order chi connectivity index (χ0) is 20.9. The van der Waals surface area contributed by atoms with Crippen molar-refractivity contribution in [3.05, 3.63) is 59.2 Å². The minimum Gasteiger partial charge on any atom is -0.491 e. The van der Waals surface area contributed by atoms with Gasteiger partial charge in [0.25, 0.3) is 5.91 Å². The van der Waals surface area contributed by atoms with E-state index in [4.69, 9.17) is 4.74 Å². The van der Waals surface area contributed by atoms with E-state index in [0.29, 0.717) is 24.3 Å². The number of amides is 1. The molecule has 0 bridgehead atoms. The van der Waals surface area contributed by atoms with E-state index >= 15 is 0 Å². The molecule has 152 valence electrons. The first-order valence-electron chi connectivity index (χ1n) is 9.11. The predicted octanol–water partition coefficient (Wildman–Crippen LogP) is 3.19. The lowest BCUT2D eigenvalue weighted by molar-refractivity contribution is 0.0946. The minimum absolute atomic E-state index is 0.0642. The van der Waals surface area contributed by atoms with Crippen LogP contribution in [0.15, 0.2) is 47.4 Å². The minimum atomic E-state index is -3.71. The van der Waals surface area contributed by atoms with Gasteiger partial charge in [-0.05, 0) is 63.9 Å². The molecule has 0 saturated carbocycles. The van der Waals surface area contributed by atoms with Crippen LogP contribution in [0.25, 0.3) is 0 Å². The Morgan fingerprint density at radius 3 is 2.36 bits per heavy atom. The third-order valence-electron chi connectivity index (χ3n) is 3.94. The molecule has 1 amide bonds. The number of hydrogen-bond acceptors (Lipinski definition) is 4. The van der Waals surface area contributed by atoms with E-state index in [0.717, 1.165) is 11.3 Å². The Bertz CT molecular complexity index is 947. The number of para-hydroxylation sites is 1. The number of sulfonamides is 1. The van der Waals surface area contributed by atoms with Gasteiger partial charge in [0.05, 0.1) is 11.4 Å². The molecule has 0 aliphatic rings. The Hall–Kier alpha value is -2.38. The molecule has 0 saturated heterocycles. The van der Waals surface area contributed by atoms with Gasteiger partial charge >= 0.3 is 0 Å². The van der Waals surface area contributed by atoms with Gasteiger partial charge in [-0.25, -0.2) is 13.1 Å². The lowest BCUT2D eigenvalue weighted by Crippen LogP contribution is -2.40. The maximum Gasteiger partial charge on any atom is 0.251 e. The summed E-state index contributed by atoms with van der Waals surface area (Å²) in [6, 6.07) is 12.2. The van der Waals surface area contributed by atoms with Gasteiger partial charge in [0.15, 0.2) is 0 Å². The van der Waals surface area contributed by atoms with Crippen LogP contribution in [0.4, 0.5) is 0 Å². The standard InChI is InChI=1S/C21H28N2O4S/c1-15-10-11-17(28(25,26)23-21(3,4)5)14-18(15)20(24)22-12-13-27-19-9-7-6-8-16(19)2/h6-11,14,23H,12-13H2,1-5H3,(H,22,24). The van der Waals surface area contributed by atoms with Crippen LogP contribution in [0.3, 0.4) is 0 Å². The fraction of sp³-hybridized carbons (Fsp3) is 0.381. The van der Waals surface area contributed by atoms with Crippen molar-refractivity contribution in [3.8, 4) is 5.75 Å². The smallest absolute Gasteiger partial charge is 0.251 e. The van der Waals surface area contributed by atoms with Crippen molar-refractivity contribution in [1.29, 1.82) is 0 Å². The van der Waals surface area contributed by atoms with Gasteiger partial charge in [0, 0.05) is 11.1 Å². The largest absolute Gasteiger partial charge is 0.491 e. The van der Waals surface area contributed by atoms with Gasteiger partial charge < -0.3 is 10.1 Å². The van der Waals surface area contributed by atoms with Gasteiger partial charge in [0.1, 0.15) is 12.4 Å². The third-order valence-corrected chi connectivity index (χ3v) is 5.70. The fourth-order valence-electron chi connectivity index (χ4n) is 2.61. The molecular weight excluding hydrogens is 376 g/mol. The monoisotopic (exact) mass is 404 g/mol. The number of hydrogen-bond donors (Lipinski definition) is 2. The summed E-state index contributed by atoms with van der Waals surface area (Å²) in [6.07, 6.45) is 0. The van der Waals surface area contributed by atoms with Gasteiger partial charge in [-0.15, -0.1) is 0 Å². The number of benzene rings is 2. The first-order chi connectivity index (χ1) is 13.0. The summed E-state index contributed by atoms with van der Waals surface area (Å²) in [7, 11) is -3.71. The van der Waals surface area contributed by atoms with Crippen molar-refractivity contribution in [3.63, 3.8) is 0 Å². The second-order valence-corrected chi connectivity index (χ2v) is 9.38. The average molecular weight is 405 g/mol. The van der Waals surface area contributed by atoms with Crippen LogP contribution < -0.4 is 14.8 Å². The van der Waals surface area contributed by atoms with Crippen molar-refractivity contribution in [2.75, 3.05) is 13.2 Å². The van der Waals surface area contributed by atoms with E-state index in [1.165, 1.54) is 12.1 Å². The summed E-state index contributed by atoms with van der Waals surface area (Å²) < 4.78 is 33.3. The van der Waals surface area contributed by atoms with E-state index in [9.17, 15) is 13.2 Å². The number of carbonyl (C=O) groups excluding carboxylic acids is 1. The van der Waals surface area contributed by atoms with Crippen molar-refractivity contribution in [2.24, 2.45) is 0 Å². The van der Waals surface area contributed by atoms with Gasteiger partial charge in [-0.2, -0.15) is 0 Å². The van der Waals surface area contributed by atoms with E-state index in [1.807, 2.05) is 31.2 Å². The molecule has 2 aromatic carbocycles. The molecule has 0 unspecified atom stereocenters. The third kappa shape index (κ3) is 6.07. The first-order valence-corrected chi connectivity index (χ1v) is 10.6. The normalized spacial score (nSPS) is 11.9. The zero-order valence-corrected chi connectivity index (χ0v) is 17.8. The summed E-state index contributed by atoms with van der Waals surface area (Å²) in [5, 5.41) is 2.78. The molecule has 0 heterocycles. The first kappa shape index (κ1) is 21.9. The lowest BCUT2D eigenvalue weighted by atomic mass is 10.1. The molecule has 7 heteroatoms. The molecule has 0 fully saturated rings. The molecule has 0 radical (unpaired) electrons. The van der Waals surface area contributed by atoms with Crippen LogP contribution in [-0.2, 0) is 10.0 Å². The molecule has 0 aromatic heterocycles. The molecule has 6 nitrogen and oxygen atoms in total. The molecule has 0 aliphatic carbocycles. The summed E-state index contributed by atoms with van der Waals surface area (Å²) in [5.74, 6) is 0.438. The van der Waals surface area contributed by atoms with Crippen molar-refractivity contribution < 1.29 is 17.9 Å². The quantitative estimate of drug-likeness (QED) is 0.694. The van der Waals surface area contributed by atoms with E-state index in [-0.39, 0.29) is 10.8 Å². The van der Waals surface area contributed by atoms with Crippen LogP contribution in [0, 0.1) is 13.8 Å². The van der Waals surface area contributed by atoms with Gasteiger partial charge in [-0.3, -0.25) is 4.79 Å². The van der Waals surface area contributed by atoms with Crippen molar-refractivity contribution in [1.82, 2.24) is 10.0 Å². The van der Waals surface area contributed by atoms with E-state index in [2.05, 4.69) is 10.0 Å². The topological polar surface area (TPSA) is 84.5 Å². The maximum absolute atomic E-state index is 12.5. The molecular formula is C21H28N2O4S. The second-order valence-electron chi connectivity index (χ2n) is 7.70. The SMILES string of the molecule is Cc1ccccc1OCCNC(=O)c1cc(S(=O)(=O)NC(C)(C)C)ccc1C. The molecule has 0 spiro atoms. The van der Waals surface area contributed by atoms with Crippen LogP contribution in [0.1, 0.15) is 42.3 Å². The average Bonchev–Trinajstić information content (AvgIpc) is 2.58. The highest BCUT2D eigenvalue weighted by molar-refractivity contribution is 7.89. The summed E-state index contributed by atoms with van der Waals surface area (Å²) in [5.41, 5.74) is 1.44.